The summed E-state index contributed by atoms with van der Waals surface area (Å²) in [5.41, 5.74) is 0.383. The van der Waals surface area contributed by atoms with Crippen molar-refractivity contribution in [2.75, 3.05) is 6.54 Å². The average Bonchev–Trinajstić information content (AvgIpc) is 2.78. The lowest BCUT2D eigenvalue weighted by atomic mass is 10.00. The molecule has 2 unspecified atom stereocenters. The summed E-state index contributed by atoms with van der Waals surface area (Å²) >= 11 is 0. The fourth-order valence-electron chi connectivity index (χ4n) is 3.56. The van der Waals surface area contributed by atoms with Gasteiger partial charge in [0.1, 0.15) is 30.0 Å². The number of phenols is 1. The molecule has 2 atom stereocenters. The number of nitrogens with one attached hydrogen (secondary N) is 2. The van der Waals surface area contributed by atoms with Crippen molar-refractivity contribution in [2.45, 2.75) is 64.8 Å². The van der Waals surface area contributed by atoms with Crippen LogP contribution in [0.2, 0.25) is 0 Å². The predicted molar refractivity (Wildman–Crippen MR) is 135 cm³/mol. The first-order chi connectivity index (χ1) is 16.9. The van der Waals surface area contributed by atoms with Gasteiger partial charge in [0.25, 0.3) is 0 Å². The standard InChI is InChI=1S/C27H34N4O5/c1-18(2)29-24(33)23(20-9-7-6-8-10-20)31(16-15-28)25(34)22(30-26(35)36-27(3,4)5)17-19-11-13-21(32)14-12-19/h6-14,18,22-23,32H,16-17H2,1-5H3,(H,29,33)(H,30,35). The van der Waals surface area contributed by atoms with Gasteiger partial charge in [-0.25, -0.2) is 4.79 Å². The van der Waals surface area contributed by atoms with Crippen LogP contribution >= 0.6 is 0 Å². The first kappa shape index (κ1) is 28.2. The molecule has 3 amide bonds. The molecule has 0 aliphatic rings. The van der Waals surface area contributed by atoms with Gasteiger partial charge in [0.15, 0.2) is 0 Å². The minimum absolute atomic E-state index is 0.0492. The minimum Gasteiger partial charge on any atom is -0.508 e. The number of ether oxygens (including phenoxy) is 1. The third-order valence-corrected chi connectivity index (χ3v) is 5.00. The summed E-state index contributed by atoms with van der Waals surface area (Å²) in [6.07, 6.45) is -0.757. The Balaban J connectivity index is 2.49. The van der Waals surface area contributed by atoms with Crippen LogP contribution in [0.3, 0.4) is 0 Å². The average molecular weight is 495 g/mol. The molecule has 9 nitrogen and oxygen atoms in total. The number of hydrogen-bond acceptors (Lipinski definition) is 6. The molecule has 9 heteroatoms. The van der Waals surface area contributed by atoms with Crippen LogP contribution in [0, 0.1) is 11.3 Å². The van der Waals surface area contributed by atoms with Crippen molar-refractivity contribution in [3.05, 3.63) is 65.7 Å². The first-order valence-electron chi connectivity index (χ1n) is 11.7. The number of carbonyl (C=O) groups excluding carboxylic acids is 3. The lowest BCUT2D eigenvalue weighted by molar-refractivity contribution is -0.142. The highest BCUT2D eigenvalue weighted by Crippen LogP contribution is 2.23. The number of hydrogen-bond donors (Lipinski definition) is 3. The maximum atomic E-state index is 13.9. The topological polar surface area (TPSA) is 132 Å². The summed E-state index contributed by atoms with van der Waals surface area (Å²) in [5, 5.41) is 24.6. The van der Waals surface area contributed by atoms with E-state index in [-0.39, 0.29) is 24.8 Å². The number of benzene rings is 2. The molecule has 2 aromatic rings. The zero-order valence-corrected chi connectivity index (χ0v) is 21.3. The second-order valence-electron chi connectivity index (χ2n) is 9.67. The molecule has 2 rings (SSSR count). The van der Waals surface area contributed by atoms with E-state index in [0.717, 1.165) is 4.90 Å². The number of carbonyl (C=O) groups is 3. The predicted octanol–water partition coefficient (Wildman–Crippen LogP) is 3.45. The number of nitriles is 1. The van der Waals surface area contributed by atoms with E-state index in [9.17, 15) is 24.8 Å². The Bertz CT molecular complexity index is 1070. The quantitative estimate of drug-likeness (QED) is 0.458. The largest absolute Gasteiger partial charge is 0.508 e. The molecule has 0 fully saturated rings. The van der Waals surface area contributed by atoms with Gasteiger partial charge in [0.2, 0.25) is 11.8 Å². The van der Waals surface area contributed by atoms with Crippen molar-refractivity contribution in [3.63, 3.8) is 0 Å². The highest BCUT2D eigenvalue weighted by atomic mass is 16.6. The molecule has 0 aromatic heterocycles. The highest BCUT2D eigenvalue weighted by Gasteiger charge is 2.36. The van der Waals surface area contributed by atoms with Gasteiger partial charge in [-0.3, -0.25) is 9.59 Å². The van der Waals surface area contributed by atoms with Gasteiger partial charge < -0.3 is 25.4 Å². The summed E-state index contributed by atoms with van der Waals surface area (Å²) in [6, 6.07) is 14.4. The number of phenolic OH excluding ortho intramolecular Hbond substituents is 1. The lowest BCUT2D eigenvalue weighted by Crippen LogP contribution is -2.54. The van der Waals surface area contributed by atoms with Gasteiger partial charge in [0.05, 0.1) is 6.07 Å². The molecule has 0 aliphatic carbocycles. The van der Waals surface area contributed by atoms with Gasteiger partial charge in [0, 0.05) is 12.5 Å². The van der Waals surface area contributed by atoms with Crippen LogP contribution in [0.15, 0.2) is 54.6 Å². The highest BCUT2D eigenvalue weighted by molar-refractivity contribution is 5.92. The second kappa shape index (κ2) is 12.6. The maximum Gasteiger partial charge on any atom is 0.408 e. The van der Waals surface area contributed by atoms with Crippen LogP contribution in [-0.4, -0.2) is 52.1 Å². The third kappa shape index (κ3) is 8.62. The van der Waals surface area contributed by atoms with Crippen LogP contribution in [0.5, 0.6) is 5.75 Å². The number of nitrogens with zero attached hydrogens (tertiary/aromatic N) is 2. The van der Waals surface area contributed by atoms with Crippen molar-refractivity contribution in [3.8, 4) is 11.8 Å². The molecule has 0 bridgehead atoms. The molecule has 0 saturated carbocycles. The molecular formula is C27H34N4O5. The van der Waals surface area contributed by atoms with E-state index < -0.39 is 35.6 Å². The Hall–Kier alpha value is -4.06. The molecule has 3 N–H and O–H groups in total. The maximum absolute atomic E-state index is 13.9. The summed E-state index contributed by atoms with van der Waals surface area (Å²) in [7, 11) is 0. The Morgan fingerprint density at radius 2 is 1.64 bits per heavy atom. The van der Waals surface area contributed by atoms with E-state index in [1.54, 1.807) is 77.1 Å². The van der Waals surface area contributed by atoms with Crippen LogP contribution in [0.1, 0.15) is 51.8 Å². The smallest absolute Gasteiger partial charge is 0.408 e. The van der Waals surface area contributed by atoms with E-state index in [1.165, 1.54) is 12.1 Å². The molecule has 36 heavy (non-hydrogen) atoms. The van der Waals surface area contributed by atoms with Gasteiger partial charge in [-0.2, -0.15) is 5.26 Å². The molecule has 0 aliphatic heterocycles. The lowest BCUT2D eigenvalue weighted by Gasteiger charge is -2.33. The molecule has 192 valence electrons. The van der Waals surface area contributed by atoms with Crippen LogP contribution < -0.4 is 10.6 Å². The summed E-state index contributed by atoms with van der Waals surface area (Å²) < 4.78 is 5.36. The van der Waals surface area contributed by atoms with E-state index in [4.69, 9.17) is 4.74 Å². The van der Waals surface area contributed by atoms with Crippen LogP contribution in [0.25, 0.3) is 0 Å². The zero-order chi connectivity index (χ0) is 26.9. The Kier molecular flexibility index (Phi) is 9.85. The third-order valence-electron chi connectivity index (χ3n) is 5.00. The number of rotatable bonds is 9. The van der Waals surface area contributed by atoms with Crippen LogP contribution in [0.4, 0.5) is 4.79 Å². The molecule has 0 radical (unpaired) electrons. The summed E-state index contributed by atoms with van der Waals surface area (Å²) in [6.45, 7) is 8.32. The molecule has 0 spiro atoms. The van der Waals surface area contributed by atoms with Crippen molar-refractivity contribution in [1.82, 2.24) is 15.5 Å². The van der Waals surface area contributed by atoms with E-state index >= 15 is 0 Å². The summed E-state index contributed by atoms with van der Waals surface area (Å²) in [5.74, 6) is -1.01. The van der Waals surface area contributed by atoms with Crippen molar-refractivity contribution < 1.29 is 24.2 Å². The van der Waals surface area contributed by atoms with E-state index in [2.05, 4.69) is 10.6 Å². The van der Waals surface area contributed by atoms with Crippen molar-refractivity contribution in [1.29, 1.82) is 5.26 Å². The van der Waals surface area contributed by atoms with Crippen molar-refractivity contribution in [2.24, 2.45) is 0 Å². The van der Waals surface area contributed by atoms with Crippen molar-refractivity contribution >= 4 is 17.9 Å². The van der Waals surface area contributed by atoms with Gasteiger partial charge in [-0.1, -0.05) is 42.5 Å². The second-order valence-corrected chi connectivity index (χ2v) is 9.67. The normalized spacial score (nSPS) is 12.7. The Morgan fingerprint density at radius 1 is 1.03 bits per heavy atom. The number of alkyl carbamates (subject to hydrolysis) is 1. The SMILES string of the molecule is CC(C)NC(=O)C(c1ccccc1)N(CC#N)C(=O)C(Cc1ccc(O)cc1)NC(=O)OC(C)(C)C. The van der Waals surface area contributed by atoms with E-state index in [0.29, 0.717) is 11.1 Å². The van der Waals surface area contributed by atoms with Crippen LogP contribution in [-0.2, 0) is 20.7 Å². The van der Waals surface area contributed by atoms with Gasteiger partial charge >= 0.3 is 6.09 Å². The number of amides is 3. The van der Waals surface area contributed by atoms with Gasteiger partial charge in [-0.15, -0.1) is 0 Å². The molecule has 2 aromatic carbocycles. The Labute approximate surface area is 212 Å². The summed E-state index contributed by atoms with van der Waals surface area (Å²) in [4.78, 5) is 40.9. The fraction of sp³-hybridized carbons (Fsp3) is 0.407. The minimum atomic E-state index is -1.14. The number of aromatic hydroxyl groups is 1. The molecule has 0 saturated heterocycles. The zero-order valence-electron chi connectivity index (χ0n) is 21.3. The molecular weight excluding hydrogens is 460 g/mol. The fourth-order valence-corrected chi connectivity index (χ4v) is 3.56. The molecule has 0 heterocycles. The van der Waals surface area contributed by atoms with E-state index in [1.807, 2.05) is 6.07 Å². The van der Waals surface area contributed by atoms with Gasteiger partial charge in [-0.05, 0) is 57.9 Å². The monoisotopic (exact) mass is 494 g/mol. The first-order valence-corrected chi connectivity index (χ1v) is 11.7. The Morgan fingerprint density at radius 3 is 2.17 bits per heavy atom.